The molecule has 2 aliphatic rings. The Kier molecular flexibility index (Phi) is 6.36. The molecule has 0 bridgehead atoms. The number of halogens is 4. The number of aromatic amines is 2. The summed E-state index contributed by atoms with van der Waals surface area (Å²) in [6, 6.07) is 1.60. The largest absolute Gasteiger partial charge is 0.431 e. The van der Waals surface area contributed by atoms with E-state index in [1.165, 1.54) is 11.1 Å². The standard InChI is InChI=1S/C25H26F4N4O3/c1-13-19-20(17(26)12-30-22(19)32-21(13)15-6-10-36-11-7-15)14-4-8-33(9-5-14)24(35)16-2-3-18(25(27,28)29)31-23(16)34/h2-3,12,14-15H,4-11H2,1H3,(H,30,32)(H,31,34). The molecule has 2 fully saturated rings. The SMILES string of the molecule is Cc1c(C2CCOCC2)[nH]c2ncc(F)c(C3CCN(C(=O)c4ccc(C(F)(F)F)[nH]c4=O)CC3)c12. The Hall–Kier alpha value is -3.21. The summed E-state index contributed by atoms with van der Waals surface area (Å²) >= 11 is 0. The molecular formula is C25H26F4N4O3. The summed E-state index contributed by atoms with van der Waals surface area (Å²) in [4.78, 5) is 35.9. The van der Waals surface area contributed by atoms with Gasteiger partial charge < -0.3 is 19.6 Å². The molecule has 3 aromatic rings. The number of carbonyl (C=O) groups is 1. The first-order valence-electron chi connectivity index (χ1n) is 12.0. The maximum Gasteiger partial charge on any atom is 0.431 e. The van der Waals surface area contributed by atoms with E-state index in [4.69, 9.17) is 4.74 Å². The van der Waals surface area contributed by atoms with Crippen LogP contribution in [0, 0.1) is 12.7 Å². The van der Waals surface area contributed by atoms with E-state index in [0.717, 1.165) is 35.6 Å². The number of hydrogen-bond acceptors (Lipinski definition) is 4. The Labute approximate surface area is 203 Å². The van der Waals surface area contributed by atoms with Crippen LogP contribution in [0.3, 0.4) is 0 Å². The first-order chi connectivity index (χ1) is 17.1. The summed E-state index contributed by atoms with van der Waals surface area (Å²) in [6.07, 6.45) is -0.806. The molecule has 7 nitrogen and oxygen atoms in total. The molecule has 0 aliphatic carbocycles. The number of nitrogens with one attached hydrogen (secondary N) is 2. The maximum absolute atomic E-state index is 15.1. The Balaban J connectivity index is 1.37. The normalized spacial score (nSPS) is 18.2. The second-order valence-corrected chi connectivity index (χ2v) is 9.47. The van der Waals surface area contributed by atoms with Crippen LogP contribution in [0.5, 0.6) is 0 Å². The molecule has 0 aromatic carbocycles. The maximum atomic E-state index is 15.1. The lowest BCUT2D eigenvalue weighted by Crippen LogP contribution is -2.40. The van der Waals surface area contributed by atoms with Gasteiger partial charge in [0.25, 0.3) is 11.5 Å². The predicted molar refractivity (Wildman–Crippen MR) is 124 cm³/mol. The van der Waals surface area contributed by atoms with Crippen molar-refractivity contribution in [1.29, 1.82) is 0 Å². The van der Waals surface area contributed by atoms with Crippen LogP contribution in [0.25, 0.3) is 11.0 Å². The summed E-state index contributed by atoms with van der Waals surface area (Å²) in [5.41, 5.74) is 0.619. The molecule has 3 aromatic heterocycles. The van der Waals surface area contributed by atoms with E-state index in [2.05, 4.69) is 9.97 Å². The predicted octanol–water partition coefficient (Wildman–Crippen LogP) is 4.63. The van der Waals surface area contributed by atoms with Gasteiger partial charge in [-0.2, -0.15) is 13.2 Å². The number of carbonyl (C=O) groups excluding carboxylic acids is 1. The van der Waals surface area contributed by atoms with Crippen LogP contribution in [0.15, 0.2) is 23.1 Å². The fourth-order valence-corrected chi connectivity index (χ4v) is 5.48. The van der Waals surface area contributed by atoms with E-state index in [0.29, 0.717) is 49.3 Å². The average molecular weight is 507 g/mol. The molecule has 0 saturated carbocycles. The number of likely N-dealkylation sites (tertiary alicyclic amines) is 1. The molecule has 5 rings (SSSR count). The highest BCUT2D eigenvalue weighted by molar-refractivity contribution is 5.94. The zero-order valence-electron chi connectivity index (χ0n) is 19.7. The van der Waals surface area contributed by atoms with Crippen molar-refractivity contribution in [1.82, 2.24) is 19.9 Å². The van der Waals surface area contributed by atoms with Gasteiger partial charge in [-0.15, -0.1) is 0 Å². The Morgan fingerprint density at radius 3 is 2.42 bits per heavy atom. The molecule has 11 heteroatoms. The summed E-state index contributed by atoms with van der Waals surface area (Å²) in [6.45, 7) is 3.85. The molecule has 2 aliphatic heterocycles. The minimum Gasteiger partial charge on any atom is -0.381 e. The molecule has 192 valence electrons. The van der Waals surface area contributed by atoms with Crippen LogP contribution >= 0.6 is 0 Å². The summed E-state index contributed by atoms with van der Waals surface area (Å²) in [7, 11) is 0. The second kappa shape index (κ2) is 9.34. The average Bonchev–Trinajstić information content (AvgIpc) is 3.20. The minimum atomic E-state index is -4.71. The number of H-pyrrole nitrogens is 2. The number of alkyl halides is 3. The first-order valence-corrected chi connectivity index (χ1v) is 12.0. The second-order valence-electron chi connectivity index (χ2n) is 9.47. The van der Waals surface area contributed by atoms with Gasteiger partial charge in [-0.05, 0) is 56.2 Å². The fraction of sp³-hybridized carbons (Fsp3) is 0.480. The van der Waals surface area contributed by atoms with Crippen molar-refractivity contribution in [3.63, 3.8) is 0 Å². The molecule has 2 saturated heterocycles. The van der Waals surface area contributed by atoms with Crippen LogP contribution < -0.4 is 5.56 Å². The minimum absolute atomic E-state index is 0.164. The Morgan fingerprint density at radius 1 is 1.08 bits per heavy atom. The number of fused-ring (bicyclic) bond motifs is 1. The van der Waals surface area contributed by atoms with Gasteiger partial charge >= 0.3 is 6.18 Å². The third-order valence-corrected chi connectivity index (χ3v) is 7.37. The molecule has 0 unspecified atom stereocenters. The van der Waals surface area contributed by atoms with E-state index < -0.39 is 29.2 Å². The van der Waals surface area contributed by atoms with Gasteiger partial charge in [0.05, 0.1) is 6.20 Å². The topological polar surface area (TPSA) is 91.1 Å². The van der Waals surface area contributed by atoms with Crippen molar-refractivity contribution in [2.24, 2.45) is 0 Å². The number of hydrogen-bond donors (Lipinski definition) is 2. The number of ether oxygens (including phenoxy) is 1. The zero-order chi connectivity index (χ0) is 25.6. The number of pyridine rings is 2. The molecular weight excluding hydrogens is 480 g/mol. The number of aryl methyl sites for hydroxylation is 1. The van der Waals surface area contributed by atoms with Crippen LogP contribution in [-0.4, -0.2) is 52.1 Å². The smallest absolute Gasteiger partial charge is 0.381 e. The first kappa shape index (κ1) is 24.5. The highest BCUT2D eigenvalue weighted by atomic mass is 19.4. The summed E-state index contributed by atoms with van der Waals surface area (Å²) in [5, 5.41) is 0.778. The van der Waals surface area contributed by atoms with Gasteiger partial charge in [-0.1, -0.05) is 0 Å². The lowest BCUT2D eigenvalue weighted by Gasteiger charge is -2.32. The molecule has 36 heavy (non-hydrogen) atoms. The van der Waals surface area contributed by atoms with Gasteiger partial charge in [-0.3, -0.25) is 9.59 Å². The third kappa shape index (κ3) is 4.40. The third-order valence-electron chi connectivity index (χ3n) is 7.37. The number of amides is 1. The highest BCUT2D eigenvalue weighted by Gasteiger charge is 2.34. The van der Waals surface area contributed by atoms with Gasteiger partial charge in [0.1, 0.15) is 22.7 Å². The van der Waals surface area contributed by atoms with Crippen LogP contribution in [-0.2, 0) is 10.9 Å². The molecule has 2 N–H and O–H groups in total. The Morgan fingerprint density at radius 2 is 1.78 bits per heavy atom. The molecule has 0 spiro atoms. The van der Waals surface area contributed by atoms with Crippen molar-refractivity contribution in [2.75, 3.05) is 26.3 Å². The lowest BCUT2D eigenvalue weighted by atomic mass is 9.86. The van der Waals surface area contributed by atoms with E-state index in [9.17, 15) is 22.8 Å². The van der Waals surface area contributed by atoms with Crippen LogP contribution in [0.1, 0.15) is 70.4 Å². The highest BCUT2D eigenvalue weighted by Crippen LogP contribution is 2.39. The lowest BCUT2D eigenvalue weighted by molar-refractivity contribution is -0.141. The molecule has 1 amide bonds. The van der Waals surface area contributed by atoms with Crippen LogP contribution in [0.4, 0.5) is 17.6 Å². The Bertz CT molecular complexity index is 1350. The van der Waals surface area contributed by atoms with Crippen molar-refractivity contribution < 1.29 is 27.1 Å². The van der Waals surface area contributed by atoms with E-state index in [1.54, 1.807) is 4.98 Å². The van der Waals surface area contributed by atoms with Gasteiger partial charge in [0.15, 0.2) is 0 Å². The zero-order valence-corrected chi connectivity index (χ0v) is 19.7. The van der Waals surface area contributed by atoms with E-state index in [-0.39, 0.29) is 24.6 Å². The van der Waals surface area contributed by atoms with Crippen molar-refractivity contribution >= 4 is 16.9 Å². The molecule has 0 atom stereocenters. The summed E-state index contributed by atoms with van der Waals surface area (Å²) in [5.74, 6) is -0.900. The van der Waals surface area contributed by atoms with Crippen molar-refractivity contribution in [3.8, 4) is 0 Å². The molecule has 5 heterocycles. The summed E-state index contributed by atoms with van der Waals surface area (Å²) < 4.78 is 59.1. The van der Waals surface area contributed by atoms with Gasteiger partial charge in [0, 0.05) is 48.9 Å². The van der Waals surface area contributed by atoms with Crippen molar-refractivity contribution in [3.05, 3.63) is 62.6 Å². The monoisotopic (exact) mass is 506 g/mol. The van der Waals surface area contributed by atoms with Gasteiger partial charge in [-0.25, -0.2) is 9.37 Å². The number of piperidine rings is 1. The van der Waals surface area contributed by atoms with E-state index >= 15 is 4.39 Å². The van der Waals surface area contributed by atoms with E-state index in [1.807, 2.05) is 6.92 Å². The number of nitrogens with zero attached hydrogens (tertiary/aromatic N) is 2. The van der Waals surface area contributed by atoms with Crippen molar-refractivity contribution in [2.45, 2.75) is 50.6 Å². The quantitative estimate of drug-likeness (QED) is 0.507. The molecule has 0 radical (unpaired) electrons. The number of rotatable bonds is 3. The van der Waals surface area contributed by atoms with Gasteiger partial charge in [0.2, 0.25) is 0 Å². The van der Waals surface area contributed by atoms with Crippen LogP contribution in [0.2, 0.25) is 0 Å². The number of aromatic nitrogens is 3. The fourth-order valence-electron chi connectivity index (χ4n) is 5.48.